The number of aryl methyl sites for hydroxylation is 1. The topological polar surface area (TPSA) is 35.1 Å². The summed E-state index contributed by atoms with van der Waals surface area (Å²) in [5.41, 5.74) is 4.53. The summed E-state index contributed by atoms with van der Waals surface area (Å²) in [7, 11) is 2.13. The van der Waals surface area contributed by atoms with Crippen LogP contribution >= 0.6 is 0 Å². The van der Waals surface area contributed by atoms with Gasteiger partial charge in [0, 0.05) is 45.8 Å². The molecule has 2 aromatic carbocycles. The van der Waals surface area contributed by atoms with E-state index >= 15 is 0 Å². The molecular formula is C21H14N4. The first-order valence-electron chi connectivity index (χ1n) is 8.32. The fourth-order valence-corrected chi connectivity index (χ4v) is 4.10. The van der Waals surface area contributed by atoms with Crippen molar-refractivity contribution in [2.75, 3.05) is 0 Å². The number of rotatable bonds is 0. The Balaban J connectivity index is 1.98. The van der Waals surface area contributed by atoms with Crippen molar-refractivity contribution >= 4 is 49.1 Å². The van der Waals surface area contributed by atoms with E-state index in [0.29, 0.717) is 0 Å². The van der Waals surface area contributed by atoms with E-state index in [9.17, 15) is 0 Å². The molecule has 0 amide bonds. The van der Waals surface area contributed by atoms with Crippen LogP contribution in [0.5, 0.6) is 0 Å². The van der Waals surface area contributed by atoms with Crippen LogP contribution in [0.25, 0.3) is 49.1 Å². The highest BCUT2D eigenvalue weighted by Gasteiger charge is 2.14. The first-order chi connectivity index (χ1) is 12.3. The highest BCUT2D eigenvalue weighted by Crippen LogP contribution is 2.35. The zero-order valence-electron chi connectivity index (χ0n) is 13.6. The molecular weight excluding hydrogens is 308 g/mol. The van der Waals surface area contributed by atoms with Crippen molar-refractivity contribution in [1.29, 1.82) is 0 Å². The van der Waals surface area contributed by atoms with Gasteiger partial charge in [-0.15, -0.1) is 0 Å². The molecule has 4 nitrogen and oxygen atoms in total. The molecule has 6 aromatic rings. The number of aromatic nitrogens is 4. The molecule has 118 valence electrons. The third-order valence-corrected chi connectivity index (χ3v) is 5.27. The molecule has 0 bridgehead atoms. The van der Waals surface area contributed by atoms with Crippen molar-refractivity contribution in [2.45, 2.75) is 0 Å². The Morgan fingerprint density at radius 1 is 0.760 bits per heavy atom. The molecule has 6 rings (SSSR count). The van der Waals surface area contributed by atoms with Crippen LogP contribution in [0.15, 0.2) is 67.3 Å². The lowest BCUT2D eigenvalue weighted by molar-refractivity contribution is 1.02. The maximum absolute atomic E-state index is 4.59. The summed E-state index contributed by atoms with van der Waals surface area (Å²) in [6.07, 6.45) is 5.60. The number of hydrogen-bond donors (Lipinski definition) is 0. The van der Waals surface area contributed by atoms with Crippen molar-refractivity contribution in [3.05, 3.63) is 67.3 Å². The Hall–Kier alpha value is -3.40. The lowest BCUT2D eigenvalue weighted by atomic mass is 10.0. The summed E-state index contributed by atoms with van der Waals surface area (Å²) in [5, 5.41) is 6.13. The summed E-state index contributed by atoms with van der Waals surface area (Å²) in [4.78, 5) is 8.96. The van der Waals surface area contributed by atoms with Gasteiger partial charge in [0.25, 0.3) is 0 Å². The Bertz CT molecular complexity index is 1450. The van der Waals surface area contributed by atoms with E-state index in [1.165, 1.54) is 32.6 Å². The van der Waals surface area contributed by atoms with Crippen LogP contribution in [0, 0.1) is 0 Å². The molecule has 0 saturated heterocycles. The van der Waals surface area contributed by atoms with Crippen molar-refractivity contribution in [3.63, 3.8) is 0 Å². The summed E-state index contributed by atoms with van der Waals surface area (Å²) in [6, 6.07) is 17.3. The molecule has 4 heteroatoms. The normalized spacial score (nSPS) is 12.2. The van der Waals surface area contributed by atoms with E-state index < -0.39 is 0 Å². The van der Waals surface area contributed by atoms with Crippen LogP contribution in [0.1, 0.15) is 0 Å². The van der Waals surface area contributed by atoms with Gasteiger partial charge >= 0.3 is 0 Å². The summed E-state index contributed by atoms with van der Waals surface area (Å²) >= 11 is 0. The third-order valence-electron chi connectivity index (χ3n) is 5.27. The smallest absolute Gasteiger partial charge is 0.146 e. The Kier molecular flexibility index (Phi) is 2.26. The average Bonchev–Trinajstić information content (AvgIpc) is 3.26. The minimum Gasteiger partial charge on any atom is -0.344 e. The molecule has 0 fully saturated rings. The fourth-order valence-electron chi connectivity index (χ4n) is 4.10. The van der Waals surface area contributed by atoms with Crippen LogP contribution in [0.3, 0.4) is 0 Å². The number of benzene rings is 2. The van der Waals surface area contributed by atoms with Crippen LogP contribution < -0.4 is 0 Å². The van der Waals surface area contributed by atoms with Gasteiger partial charge in [-0.05, 0) is 35.7 Å². The average molecular weight is 322 g/mol. The standard InChI is InChI=1S/C21H14N4/c1-24-18-7-3-2-5-13(18)16-9-17-15(10-19(16)24)14-6-4-8-23-21(14)25-12-22-11-20(17)25/h2-12H,1H3. The van der Waals surface area contributed by atoms with Gasteiger partial charge in [0.2, 0.25) is 0 Å². The molecule has 0 aliphatic heterocycles. The maximum Gasteiger partial charge on any atom is 0.146 e. The number of nitrogens with zero attached hydrogens (tertiary/aromatic N) is 4. The van der Waals surface area contributed by atoms with Crippen LogP contribution in [-0.4, -0.2) is 18.9 Å². The first-order valence-corrected chi connectivity index (χ1v) is 8.32. The lowest BCUT2D eigenvalue weighted by Gasteiger charge is -2.08. The molecule has 0 aliphatic rings. The highest BCUT2D eigenvalue weighted by atomic mass is 15.0. The molecule has 0 saturated carbocycles. The number of fused-ring (bicyclic) bond motifs is 9. The maximum atomic E-state index is 4.59. The van der Waals surface area contributed by atoms with Gasteiger partial charge < -0.3 is 4.57 Å². The number of pyridine rings is 2. The molecule has 0 unspecified atom stereocenters. The second-order valence-electron chi connectivity index (χ2n) is 6.51. The van der Waals surface area contributed by atoms with E-state index in [1.807, 2.05) is 24.8 Å². The van der Waals surface area contributed by atoms with E-state index in [0.717, 1.165) is 16.6 Å². The van der Waals surface area contributed by atoms with Crippen LogP contribution in [-0.2, 0) is 7.05 Å². The molecule has 0 aliphatic carbocycles. The van der Waals surface area contributed by atoms with Gasteiger partial charge in [0.15, 0.2) is 0 Å². The quantitative estimate of drug-likeness (QED) is 0.381. The van der Waals surface area contributed by atoms with Crippen molar-refractivity contribution < 1.29 is 0 Å². The highest BCUT2D eigenvalue weighted by molar-refractivity contribution is 6.20. The predicted molar refractivity (Wildman–Crippen MR) is 102 cm³/mol. The van der Waals surface area contributed by atoms with Gasteiger partial charge in [-0.1, -0.05) is 18.2 Å². The van der Waals surface area contributed by atoms with E-state index in [1.54, 1.807) is 0 Å². The number of imidazole rings is 1. The second kappa shape index (κ2) is 4.36. The summed E-state index contributed by atoms with van der Waals surface area (Å²) in [5.74, 6) is 0. The van der Waals surface area contributed by atoms with Crippen molar-refractivity contribution in [2.24, 2.45) is 7.05 Å². The summed E-state index contributed by atoms with van der Waals surface area (Å²) in [6.45, 7) is 0. The SMILES string of the molecule is Cn1c2ccccc2c2cc3c(cc21)c1cccnc1n1cncc31. The Morgan fingerprint density at radius 3 is 2.56 bits per heavy atom. The first kappa shape index (κ1) is 13.0. The second-order valence-corrected chi connectivity index (χ2v) is 6.51. The molecule has 0 radical (unpaired) electrons. The monoisotopic (exact) mass is 322 g/mol. The Morgan fingerprint density at radius 2 is 1.60 bits per heavy atom. The van der Waals surface area contributed by atoms with E-state index in [4.69, 9.17) is 0 Å². The minimum atomic E-state index is 0.945. The van der Waals surface area contributed by atoms with Gasteiger partial charge in [-0.25, -0.2) is 9.97 Å². The third kappa shape index (κ3) is 1.51. The molecule has 4 aromatic heterocycles. The molecule has 0 atom stereocenters. The van der Waals surface area contributed by atoms with Gasteiger partial charge in [0.1, 0.15) is 12.0 Å². The van der Waals surface area contributed by atoms with Gasteiger partial charge in [0.05, 0.1) is 11.7 Å². The zero-order chi connectivity index (χ0) is 16.5. The predicted octanol–water partition coefficient (Wildman–Crippen LogP) is 4.68. The van der Waals surface area contributed by atoms with Crippen molar-refractivity contribution in [3.8, 4) is 0 Å². The number of para-hydroxylation sites is 1. The summed E-state index contributed by atoms with van der Waals surface area (Å²) < 4.78 is 4.35. The molecule has 25 heavy (non-hydrogen) atoms. The van der Waals surface area contributed by atoms with E-state index in [2.05, 4.69) is 68.4 Å². The molecule has 0 spiro atoms. The van der Waals surface area contributed by atoms with Crippen LogP contribution in [0.2, 0.25) is 0 Å². The lowest BCUT2D eigenvalue weighted by Crippen LogP contribution is -1.93. The van der Waals surface area contributed by atoms with Crippen LogP contribution in [0.4, 0.5) is 0 Å². The zero-order valence-corrected chi connectivity index (χ0v) is 13.6. The van der Waals surface area contributed by atoms with Gasteiger partial charge in [-0.2, -0.15) is 0 Å². The van der Waals surface area contributed by atoms with E-state index in [-0.39, 0.29) is 0 Å². The minimum absolute atomic E-state index is 0.945. The van der Waals surface area contributed by atoms with Gasteiger partial charge in [-0.3, -0.25) is 4.40 Å². The largest absolute Gasteiger partial charge is 0.344 e. The molecule has 0 N–H and O–H groups in total. The molecule has 4 heterocycles. The Labute approximate surface area is 142 Å². The number of hydrogen-bond acceptors (Lipinski definition) is 2. The van der Waals surface area contributed by atoms with Crippen molar-refractivity contribution in [1.82, 2.24) is 18.9 Å². The fraction of sp³-hybridized carbons (Fsp3) is 0.0476.